The van der Waals surface area contributed by atoms with Gasteiger partial charge in [0.05, 0.1) is 27.8 Å². The molecule has 6 heteroatoms. The molecule has 0 aliphatic rings. The zero-order chi connectivity index (χ0) is 21.6. The molecule has 0 amide bonds. The molecule has 0 spiro atoms. The van der Waals surface area contributed by atoms with E-state index in [1.165, 1.54) is 24.3 Å². The summed E-state index contributed by atoms with van der Waals surface area (Å²) in [5.41, 5.74) is 4.86. The summed E-state index contributed by atoms with van der Waals surface area (Å²) in [5.74, 6) is -0.212. The Hall–Kier alpha value is -4.45. The van der Waals surface area contributed by atoms with Gasteiger partial charge in [-0.1, -0.05) is 60.7 Å². The third-order valence-corrected chi connectivity index (χ3v) is 4.62. The van der Waals surface area contributed by atoms with Gasteiger partial charge in [-0.25, -0.2) is 4.98 Å². The van der Waals surface area contributed by atoms with E-state index in [1.807, 2.05) is 48.5 Å². The van der Waals surface area contributed by atoms with Crippen LogP contribution in [0.5, 0.6) is 0 Å². The number of nitro benzene ring substituents is 1. The van der Waals surface area contributed by atoms with Gasteiger partial charge in [-0.05, 0) is 35.4 Å². The van der Waals surface area contributed by atoms with E-state index >= 15 is 0 Å². The third-order valence-electron chi connectivity index (χ3n) is 4.62. The van der Waals surface area contributed by atoms with Crippen molar-refractivity contribution < 1.29 is 9.72 Å². The summed E-state index contributed by atoms with van der Waals surface area (Å²) in [7, 11) is 0. The number of carbonyl (C=O) groups is 1. The molecule has 0 aliphatic carbocycles. The highest BCUT2D eigenvalue weighted by atomic mass is 16.6. The predicted molar refractivity (Wildman–Crippen MR) is 121 cm³/mol. The molecule has 3 aromatic carbocycles. The number of rotatable bonds is 6. The molecule has 0 atom stereocenters. The van der Waals surface area contributed by atoms with Crippen LogP contribution in [0, 0.1) is 10.1 Å². The van der Waals surface area contributed by atoms with Gasteiger partial charge in [-0.2, -0.15) is 0 Å². The van der Waals surface area contributed by atoms with Crippen LogP contribution in [0.15, 0.2) is 91.1 Å². The topological polar surface area (TPSA) is 86.0 Å². The number of aromatic nitrogens is 2. The van der Waals surface area contributed by atoms with E-state index in [0.717, 1.165) is 27.9 Å². The van der Waals surface area contributed by atoms with Crippen LogP contribution in [-0.2, 0) is 4.79 Å². The molecule has 0 saturated heterocycles. The molecule has 6 nitrogen and oxygen atoms in total. The molecule has 1 heterocycles. The molecule has 31 heavy (non-hydrogen) atoms. The van der Waals surface area contributed by atoms with Gasteiger partial charge < -0.3 is 0 Å². The lowest BCUT2D eigenvalue weighted by molar-refractivity contribution is -0.384. The molecule has 0 aliphatic heterocycles. The van der Waals surface area contributed by atoms with E-state index in [0.29, 0.717) is 5.56 Å². The van der Waals surface area contributed by atoms with Crippen LogP contribution in [0.3, 0.4) is 0 Å². The summed E-state index contributed by atoms with van der Waals surface area (Å²) in [6.07, 6.45) is 7.86. The van der Waals surface area contributed by atoms with Crippen LogP contribution in [0.25, 0.3) is 34.4 Å². The number of benzene rings is 3. The van der Waals surface area contributed by atoms with E-state index in [1.54, 1.807) is 30.5 Å². The molecule has 0 bridgehead atoms. The summed E-state index contributed by atoms with van der Waals surface area (Å²) in [6, 6.07) is 21.5. The molecule has 0 N–H and O–H groups in total. The van der Waals surface area contributed by atoms with Gasteiger partial charge in [0.1, 0.15) is 0 Å². The fourth-order valence-corrected chi connectivity index (χ4v) is 3.02. The van der Waals surface area contributed by atoms with Crippen LogP contribution in [0.4, 0.5) is 5.69 Å². The van der Waals surface area contributed by atoms with Gasteiger partial charge in [0.2, 0.25) is 0 Å². The average molecular weight is 407 g/mol. The molecular formula is C25H17N3O3. The normalized spacial score (nSPS) is 11.4. The number of allylic oxidation sites excluding steroid dienone is 2. The number of non-ortho nitro benzene ring substituents is 1. The maximum atomic E-state index is 12.1. The summed E-state index contributed by atoms with van der Waals surface area (Å²) < 4.78 is 0. The lowest BCUT2D eigenvalue weighted by atomic mass is 10.1. The first kappa shape index (κ1) is 19.8. The number of nitro groups is 1. The van der Waals surface area contributed by atoms with E-state index in [2.05, 4.69) is 9.97 Å². The molecule has 1 aromatic heterocycles. The second kappa shape index (κ2) is 8.92. The summed E-state index contributed by atoms with van der Waals surface area (Å²) >= 11 is 0. The van der Waals surface area contributed by atoms with Gasteiger partial charge >= 0.3 is 0 Å². The highest BCUT2D eigenvalue weighted by molar-refractivity contribution is 6.04. The molecule has 0 radical (unpaired) electrons. The Balaban J connectivity index is 1.43. The maximum Gasteiger partial charge on any atom is 0.270 e. The number of hydrogen-bond acceptors (Lipinski definition) is 5. The van der Waals surface area contributed by atoms with Gasteiger partial charge in [0.15, 0.2) is 5.78 Å². The highest BCUT2D eigenvalue weighted by Crippen LogP contribution is 2.20. The minimum atomic E-state index is -0.466. The van der Waals surface area contributed by atoms with Crippen LogP contribution in [-0.4, -0.2) is 20.7 Å². The first-order chi connectivity index (χ1) is 15.1. The van der Waals surface area contributed by atoms with Crippen LogP contribution in [0.2, 0.25) is 0 Å². The van der Waals surface area contributed by atoms with Crippen LogP contribution in [0.1, 0.15) is 11.1 Å². The molecule has 4 aromatic rings. The second-order valence-corrected chi connectivity index (χ2v) is 6.79. The van der Waals surface area contributed by atoms with Crippen molar-refractivity contribution in [3.63, 3.8) is 0 Å². The van der Waals surface area contributed by atoms with Gasteiger partial charge in [-0.15, -0.1) is 0 Å². The fraction of sp³-hybridized carbons (Fsp3) is 0. The number of hydrogen-bond donors (Lipinski definition) is 0. The summed E-state index contributed by atoms with van der Waals surface area (Å²) in [5, 5.41) is 10.8. The zero-order valence-corrected chi connectivity index (χ0v) is 16.4. The first-order valence-electron chi connectivity index (χ1n) is 9.55. The Morgan fingerprint density at radius 1 is 0.839 bits per heavy atom. The monoisotopic (exact) mass is 407 g/mol. The lowest BCUT2D eigenvalue weighted by Crippen LogP contribution is -1.89. The smallest absolute Gasteiger partial charge is 0.270 e. The SMILES string of the molecule is O=C(C=Cc1ccc(-c2cnc3ccccc3n2)cc1)C=Cc1cccc([N+](=O)[O-])c1. The molecule has 150 valence electrons. The zero-order valence-electron chi connectivity index (χ0n) is 16.4. The number of para-hydroxylation sites is 2. The molecule has 0 saturated carbocycles. The minimum absolute atomic E-state index is 0.0127. The van der Waals surface area contributed by atoms with Crippen molar-refractivity contribution in [1.82, 2.24) is 9.97 Å². The number of fused-ring (bicyclic) bond motifs is 1. The molecule has 0 unspecified atom stereocenters. The van der Waals surface area contributed by atoms with E-state index in [-0.39, 0.29) is 11.5 Å². The van der Waals surface area contributed by atoms with Gasteiger partial charge in [0, 0.05) is 17.7 Å². The van der Waals surface area contributed by atoms with Crippen molar-refractivity contribution in [2.24, 2.45) is 0 Å². The quantitative estimate of drug-likeness (QED) is 0.239. The van der Waals surface area contributed by atoms with Crippen molar-refractivity contribution in [3.8, 4) is 11.3 Å². The van der Waals surface area contributed by atoms with E-state index in [9.17, 15) is 14.9 Å². The number of carbonyl (C=O) groups excluding carboxylic acids is 1. The van der Waals surface area contributed by atoms with Gasteiger partial charge in [-0.3, -0.25) is 19.9 Å². The number of nitrogens with zero attached hydrogens (tertiary/aromatic N) is 3. The molecule has 0 fully saturated rings. The largest absolute Gasteiger partial charge is 0.290 e. The standard InChI is InChI=1S/C25H17N3O3/c29-22(15-11-19-4-3-5-21(16-19)28(30)31)14-10-18-8-12-20(13-9-18)25-17-26-23-6-1-2-7-24(23)27-25/h1-17H. The van der Waals surface area contributed by atoms with Crippen molar-refractivity contribution in [1.29, 1.82) is 0 Å². The number of ketones is 1. The van der Waals surface area contributed by atoms with Crippen molar-refractivity contribution >= 4 is 34.7 Å². The minimum Gasteiger partial charge on any atom is -0.290 e. The second-order valence-electron chi connectivity index (χ2n) is 6.79. The summed E-state index contributed by atoms with van der Waals surface area (Å²) in [4.78, 5) is 31.5. The Morgan fingerprint density at radius 2 is 1.55 bits per heavy atom. The highest BCUT2D eigenvalue weighted by Gasteiger charge is 2.04. The first-order valence-corrected chi connectivity index (χ1v) is 9.55. The predicted octanol–water partition coefficient (Wildman–Crippen LogP) is 5.50. The Labute approximate surface area is 178 Å². The lowest BCUT2D eigenvalue weighted by Gasteiger charge is -2.03. The summed E-state index contributed by atoms with van der Waals surface area (Å²) in [6.45, 7) is 0. The van der Waals surface area contributed by atoms with E-state index in [4.69, 9.17) is 0 Å². The Bertz CT molecular complexity index is 1330. The fourth-order valence-electron chi connectivity index (χ4n) is 3.02. The van der Waals surface area contributed by atoms with Crippen molar-refractivity contribution in [2.75, 3.05) is 0 Å². The Kier molecular flexibility index (Phi) is 5.71. The van der Waals surface area contributed by atoms with Crippen LogP contribution >= 0.6 is 0 Å². The average Bonchev–Trinajstić information content (AvgIpc) is 2.81. The van der Waals surface area contributed by atoms with Crippen LogP contribution < -0.4 is 0 Å². The maximum absolute atomic E-state index is 12.1. The van der Waals surface area contributed by atoms with Crippen molar-refractivity contribution in [3.05, 3.63) is 112 Å². The Morgan fingerprint density at radius 3 is 2.29 bits per heavy atom. The molecular weight excluding hydrogens is 390 g/mol. The molecule has 4 rings (SSSR count). The van der Waals surface area contributed by atoms with Crippen molar-refractivity contribution in [2.45, 2.75) is 0 Å². The van der Waals surface area contributed by atoms with E-state index < -0.39 is 4.92 Å². The third kappa shape index (κ3) is 4.94. The van der Waals surface area contributed by atoms with Gasteiger partial charge in [0.25, 0.3) is 5.69 Å².